The van der Waals surface area contributed by atoms with Crippen LogP contribution in [0.1, 0.15) is 27.1 Å². The first-order valence-electron chi connectivity index (χ1n) is 10.2. The third kappa shape index (κ3) is 4.59. The highest BCUT2D eigenvalue weighted by atomic mass is 16.2. The molecule has 0 radical (unpaired) electrons. The molecule has 168 valence electrons. The molecule has 10 nitrogen and oxygen atoms in total. The lowest BCUT2D eigenvalue weighted by Crippen LogP contribution is -2.26. The molecule has 0 aliphatic heterocycles. The van der Waals surface area contributed by atoms with E-state index < -0.39 is 5.91 Å². The molecule has 3 N–H and O–H groups in total. The molecular formula is C23H23N7O3. The van der Waals surface area contributed by atoms with Gasteiger partial charge in [-0.3, -0.25) is 24.4 Å². The average Bonchev–Trinajstić information content (AvgIpc) is 3.39. The number of hydrogen-bond donors (Lipinski definition) is 2. The van der Waals surface area contributed by atoms with Crippen LogP contribution in [0.15, 0.2) is 60.9 Å². The van der Waals surface area contributed by atoms with Gasteiger partial charge >= 0.3 is 0 Å². The summed E-state index contributed by atoms with van der Waals surface area (Å²) in [6.07, 6.45) is 3.12. The second kappa shape index (κ2) is 8.95. The van der Waals surface area contributed by atoms with Crippen molar-refractivity contribution in [2.75, 3.05) is 17.3 Å². The van der Waals surface area contributed by atoms with Gasteiger partial charge in [-0.05, 0) is 30.3 Å². The van der Waals surface area contributed by atoms with E-state index in [9.17, 15) is 14.4 Å². The van der Waals surface area contributed by atoms with Gasteiger partial charge in [-0.2, -0.15) is 5.10 Å². The van der Waals surface area contributed by atoms with Crippen LogP contribution in [0.5, 0.6) is 0 Å². The number of fused-ring (bicyclic) bond motifs is 1. The van der Waals surface area contributed by atoms with E-state index >= 15 is 0 Å². The topological polar surface area (TPSA) is 128 Å². The minimum atomic E-state index is -0.466. The molecule has 0 fully saturated rings. The van der Waals surface area contributed by atoms with Gasteiger partial charge < -0.3 is 15.2 Å². The molecule has 4 aromatic rings. The van der Waals surface area contributed by atoms with Gasteiger partial charge in [0.1, 0.15) is 0 Å². The zero-order valence-corrected chi connectivity index (χ0v) is 18.2. The third-order valence-corrected chi connectivity index (χ3v) is 5.22. The summed E-state index contributed by atoms with van der Waals surface area (Å²) in [4.78, 5) is 42.9. The lowest BCUT2D eigenvalue weighted by atomic mass is 10.2. The summed E-state index contributed by atoms with van der Waals surface area (Å²) in [7, 11) is 3.40. The van der Waals surface area contributed by atoms with Crippen molar-refractivity contribution in [1.82, 2.24) is 19.3 Å². The number of carbonyl (C=O) groups is 3. The van der Waals surface area contributed by atoms with Crippen LogP contribution in [-0.4, -0.2) is 44.1 Å². The van der Waals surface area contributed by atoms with Crippen molar-refractivity contribution in [2.24, 2.45) is 12.8 Å². The Balaban J connectivity index is 1.68. The highest BCUT2D eigenvalue weighted by molar-refractivity contribution is 6.07. The average molecular weight is 445 g/mol. The van der Waals surface area contributed by atoms with Crippen molar-refractivity contribution in [3.63, 3.8) is 0 Å². The number of aryl methyl sites for hydroxylation is 2. The van der Waals surface area contributed by atoms with Crippen LogP contribution >= 0.6 is 0 Å². The van der Waals surface area contributed by atoms with Crippen LogP contribution in [0.25, 0.3) is 11.0 Å². The molecule has 33 heavy (non-hydrogen) atoms. The standard InChI is InChI=1S/C23H23N7O3/c1-28-14-16(13-25-28)21(32)27-23-26-18-12-17(8-9-19(18)30(23)11-10-20(24)31)29(2)22(33)15-6-4-3-5-7-15/h3-9,12-14H,10-11H2,1-2H3,(H2,24,31)(H,26,27,32). The quantitative estimate of drug-likeness (QED) is 0.451. The predicted octanol–water partition coefficient (Wildman–Crippen LogP) is 2.17. The van der Waals surface area contributed by atoms with E-state index in [1.807, 2.05) is 18.2 Å². The van der Waals surface area contributed by atoms with Gasteiger partial charge in [0, 0.05) is 44.5 Å². The van der Waals surface area contributed by atoms with Crippen molar-refractivity contribution < 1.29 is 14.4 Å². The highest BCUT2D eigenvalue weighted by Gasteiger charge is 2.19. The second-order valence-corrected chi connectivity index (χ2v) is 7.56. The van der Waals surface area contributed by atoms with E-state index in [-0.39, 0.29) is 30.7 Å². The molecule has 0 atom stereocenters. The van der Waals surface area contributed by atoms with Gasteiger partial charge in [0.15, 0.2) is 0 Å². The Kier molecular flexibility index (Phi) is 5.90. The van der Waals surface area contributed by atoms with Crippen molar-refractivity contribution in [3.8, 4) is 0 Å². The zero-order valence-electron chi connectivity index (χ0n) is 18.2. The monoisotopic (exact) mass is 445 g/mol. The van der Waals surface area contributed by atoms with Crippen LogP contribution in [0, 0.1) is 0 Å². The summed E-state index contributed by atoms with van der Waals surface area (Å²) < 4.78 is 3.24. The number of carbonyl (C=O) groups excluding carboxylic acids is 3. The maximum Gasteiger partial charge on any atom is 0.261 e. The Morgan fingerprint density at radius 1 is 1.09 bits per heavy atom. The highest BCUT2D eigenvalue weighted by Crippen LogP contribution is 2.26. The number of primary amides is 1. The van der Waals surface area contributed by atoms with Crippen LogP contribution in [-0.2, 0) is 18.4 Å². The molecule has 0 bridgehead atoms. The lowest BCUT2D eigenvalue weighted by Gasteiger charge is -2.17. The van der Waals surface area contributed by atoms with E-state index in [1.165, 1.54) is 15.8 Å². The van der Waals surface area contributed by atoms with E-state index in [2.05, 4.69) is 15.4 Å². The Morgan fingerprint density at radius 2 is 1.85 bits per heavy atom. The smallest absolute Gasteiger partial charge is 0.261 e. The molecule has 2 aromatic heterocycles. The Labute approximate surface area is 189 Å². The molecule has 0 aliphatic rings. The number of anilines is 2. The second-order valence-electron chi connectivity index (χ2n) is 7.56. The summed E-state index contributed by atoms with van der Waals surface area (Å²) in [5, 5.41) is 6.78. The normalized spacial score (nSPS) is 10.8. The molecule has 10 heteroatoms. The van der Waals surface area contributed by atoms with Gasteiger partial charge in [-0.25, -0.2) is 4.98 Å². The first-order chi connectivity index (χ1) is 15.8. The SMILES string of the molecule is CN(C(=O)c1ccccc1)c1ccc2c(c1)nc(NC(=O)c1cnn(C)c1)n2CCC(N)=O. The van der Waals surface area contributed by atoms with Crippen molar-refractivity contribution >= 4 is 40.4 Å². The van der Waals surface area contributed by atoms with Gasteiger partial charge in [0.05, 0.1) is 22.8 Å². The fourth-order valence-corrected chi connectivity index (χ4v) is 3.47. The van der Waals surface area contributed by atoms with Gasteiger partial charge in [0.2, 0.25) is 11.9 Å². The molecule has 0 spiro atoms. The van der Waals surface area contributed by atoms with Crippen molar-refractivity contribution in [1.29, 1.82) is 0 Å². The summed E-state index contributed by atoms with van der Waals surface area (Å²) in [5.74, 6) is -0.732. The minimum Gasteiger partial charge on any atom is -0.370 e. The number of aromatic nitrogens is 4. The molecule has 0 unspecified atom stereocenters. The van der Waals surface area contributed by atoms with Crippen molar-refractivity contribution in [3.05, 3.63) is 72.1 Å². The predicted molar refractivity (Wildman–Crippen MR) is 124 cm³/mol. The summed E-state index contributed by atoms with van der Waals surface area (Å²) in [6, 6.07) is 14.3. The Morgan fingerprint density at radius 3 is 2.52 bits per heavy atom. The van der Waals surface area contributed by atoms with Gasteiger partial charge in [-0.15, -0.1) is 0 Å². The molecule has 2 aromatic carbocycles. The van der Waals surface area contributed by atoms with E-state index in [0.717, 1.165) is 0 Å². The maximum atomic E-state index is 12.8. The molecule has 0 saturated carbocycles. The summed E-state index contributed by atoms with van der Waals surface area (Å²) in [5.41, 5.74) is 8.17. The summed E-state index contributed by atoms with van der Waals surface area (Å²) >= 11 is 0. The van der Waals surface area contributed by atoms with Gasteiger partial charge in [-0.1, -0.05) is 18.2 Å². The number of benzene rings is 2. The van der Waals surface area contributed by atoms with Crippen LogP contribution in [0.3, 0.4) is 0 Å². The van der Waals surface area contributed by atoms with E-state index in [1.54, 1.807) is 55.2 Å². The first kappa shape index (κ1) is 21.8. The lowest BCUT2D eigenvalue weighted by molar-refractivity contribution is -0.118. The van der Waals surface area contributed by atoms with E-state index in [0.29, 0.717) is 27.8 Å². The first-order valence-corrected chi connectivity index (χ1v) is 10.2. The zero-order chi connectivity index (χ0) is 23.5. The molecule has 3 amide bonds. The molecule has 0 aliphatic carbocycles. The number of amides is 3. The minimum absolute atomic E-state index is 0.0787. The van der Waals surface area contributed by atoms with Gasteiger partial charge in [0.25, 0.3) is 11.8 Å². The maximum absolute atomic E-state index is 12.8. The molecule has 2 heterocycles. The van der Waals surface area contributed by atoms with E-state index in [4.69, 9.17) is 5.73 Å². The summed E-state index contributed by atoms with van der Waals surface area (Å²) in [6.45, 7) is 0.243. The number of imidazole rings is 1. The molecular weight excluding hydrogens is 422 g/mol. The fraction of sp³-hybridized carbons (Fsp3) is 0.174. The number of nitrogens with zero attached hydrogens (tertiary/aromatic N) is 5. The van der Waals surface area contributed by atoms with Crippen LogP contribution in [0.2, 0.25) is 0 Å². The molecule has 0 saturated heterocycles. The Hall–Kier alpha value is -4.47. The number of nitrogens with one attached hydrogen (secondary N) is 1. The van der Waals surface area contributed by atoms with Crippen LogP contribution < -0.4 is 16.0 Å². The Bertz CT molecular complexity index is 1340. The largest absolute Gasteiger partial charge is 0.370 e. The van der Waals surface area contributed by atoms with Crippen LogP contribution in [0.4, 0.5) is 11.6 Å². The number of hydrogen-bond acceptors (Lipinski definition) is 5. The number of rotatable bonds is 7. The third-order valence-electron chi connectivity index (χ3n) is 5.22. The number of nitrogens with two attached hydrogens (primary N) is 1. The van der Waals surface area contributed by atoms with Crippen molar-refractivity contribution in [2.45, 2.75) is 13.0 Å². The molecule has 4 rings (SSSR count). The fourth-order valence-electron chi connectivity index (χ4n) is 3.47.